The zero-order chi connectivity index (χ0) is 36.6. The number of hydrogen-bond donors (Lipinski definition) is 1. The Morgan fingerprint density at radius 2 is 1.62 bits per heavy atom. The fourth-order valence-corrected chi connectivity index (χ4v) is 9.29. The molecule has 53 heavy (non-hydrogen) atoms. The summed E-state index contributed by atoms with van der Waals surface area (Å²) in [5, 5.41) is 18.7. The van der Waals surface area contributed by atoms with Gasteiger partial charge in [0, 0.05) is 132 Å². The summed E-state index contributed by atoms with van der Waals surface area (Å²) in [7, 11) is 3.34. The molecule has 5 aliphatic heterocycles. The average molecular weight is 726 g/mol. The van der Waals surface area contributed by atoms with Crippen LogP contribution in [0.15, 0.2) is 42.7 Å². The van der Waals surface area contributed by atoms with Crippen LogP contribution in [-0.2, 0) is 29.7 Å². The van der Waals surface area contributed by atoms with Crippen molar-refractivity contribution in [1.82, 2.24) is 29.8 Å². The molecule has 14 heteroatoms. The summed E-state index contributed by atoms with van der Waals surface area (Å²) in [4.78, 5) is 48.0. The fourth-order valence-electron chi connectivity index (χ4n) is 9.29. The van der Waals surface area contributed by atoms with Crippen molar-refractivity contribution in [1.29, 1.82) is 0 Å². The van der Waals surface area contributed by atoms with Gasteiger partial charge >= 0.3 is 5.69 Å². The topological polar surface area (TPSA) is 133 Å². The number of piperidine rings is 3. The Balaban J connectivity index is 0.798. The molecule has 6 heterocycles. The van der Waals surface area contributed by atoms with Crippen molar-refractivity contribution >= 4 is 28.9 Å². The Bertz CT molecular complexity index is 1840. The summed E-state index contributed by atoms with van der Waals surface area (Å²) in [6, 6.07) is 10.6. The molecule has 0 aliphatic carbocycles. The van der Waals surface area contributed by atoms with Gasteiger partial charge in [0.25, 0.3) is 0 Å². The highest BCUT2D eigenvalue weighted by atomic mass is 16.6. The molecule has 0 spiro atoms. The Labute approximate surface area is 310 Å². The van der Waals surface area contributed by atoms with Gasteiger partial charge in [0.1, 0.15) is 0 Å². The number of hydrogen-bond acceptors (Lipinski definition) is 11. The van der Waals surface area contributed by atoms with Crippen LogP contribution in [0.1, 0.15) is 49.7 Å². The Kier molecular flexibility index (Phi) is 10.1. The van der Waals surface area contributed by atoms with Gasteiger partial charge in [-0.15, -0.1) is 0 Å². The molecule has 5 aliphatic rings. The second-order valence-corrected chi connectivity index (χ2v) is 15.5. The van der Waals surface area contributed by atoms with E-state index in [1.54, 1.807) is 16.9 Å². The van der Waals surface area contributed by atoms with Crippen LogP contribution < -0.4 is 19.9 Å². The molecule has 3 aromatic rings. The number of nitrogens with zero attached hydrogens (tertiary/aromatic N) is 8. The predicted octanol–water partition coefficient (Wildman–Crippen LogP) is 3.63. The van der Waals surface area contributed by atoms with Gasteiger partial charge in [0.05, 0.1) is 24.3 Å². The van der Waals surface area contributed by atoms with E-state index in [4.69, 9.17) is 4.74 Å². The zero-order valence-corrected chi connectivity index (χ0v) is 30.9. The van der Waals surface area contributed by atoms with Crippen molar-refractivity contribution in [3.8, 4) is 16.9 Å². The van der Waals surface area contributed by atoms with Gasteiger partial charge in [-0.3, -0.25) is 39.5 Å². The van der Waals surface area contributed by atoms with Crippen LogP contribution in [0.2, 0.25) is 0 Å². The smallest absolute Gasteiger partial charge is 0.311 e. The second-order valence-electron chi connectivity index (χ2n) is 15.5. The third-order valence-corrected chi connectivity index (χ3v) is 12.3. The van der Waals surface area contributed by atoms with Crippen LogP contribution in [0.5, 0.6) is 5.75 Å². The number of aryl methyl sites for hydroxylation is 1. The summed E-state index contributed by atoms with van der Waals surface area (Å²) in [5.74, 6) is 0.680. The van der Waals surface area contributed by atoms with E-state index in [2.05, 4.69) is 53.1 Å². The van der Waals surface area contributed by atoms with E-state index in [1.807, 2.05) is 19.3 Å². The number of nitro groups is 1. The minimum Gasteiger partial charge on any atom is -0.490 e. The van der Waals surface area contributed by atoms with Crippen LogP contribution in [0.3, 0.4) is 0 Å². The van der Waals surface area contributed by atoms with Crippen LogP contribution in [0, 0.1) is 16.0 Å². The van der Waals surface area contributed by atoms with Gasteiger partial charge in [-0.1, -0.05) is 6.07 Å². The Hall–Kier alpha value is -4.53. The number of carbonyl (C=O) groups is 2. The monoisotopic (exact) mass is 725 g/mol. The van der Waals surface area contributed by atoms with E-state index in [0.717, 1.165) is 95.1 Å². The van der Waals surface area contributed by atoms with Crippen LogP contribution in [0.25, 0.3) is 11.1 Å². The first-order valence-corrected chi connectivity index (χ1v) is 19.2. The molecule has 0 bridgehead atoms. The fraction of sp³-hybridized carbons (Fsp3) is 0.564. The molecule has 2 amide bonds. The maximum Gasteiger partial charge on any atom is 0.311 e. The van der Waals surface area contributed by atoms with E-state index in [-0.39, 0.29) is 34.2 Å². The first kappa shape index (κ1) is 35.5. The van der Waals surface area contributed by atoms with Crippen LogP contribution in [-0.4, -0.2) is 119 Å². The van der Waals surface area contributed by atoms with Crippen LogP contribution >= 0.6 is 0 Å². The number of imide groups is 1. The highest BCUT2D eigenvalue weighted by Gasteiger charge is 2.36. The lowest BCUT2D eigenvalue weighted by Crippen LogP contribution is -2.54. The highest BCUT2D eigenvalue weighted by Crippen LogP contribution is 2.41. The quantitative estimate of drug-likeness (QED) is 0.197. The second kappa shape index (κ2) is 15.1. The Morgan fingerprint density at radius 1 is 0.887 bits per heavy atom. The maximum absolute atomic E-state index is 12.5. The number of nitrogens with one attached hydrogen (secondary N) is 1. The number of fused-ring (bicyclic) bond motifs is 1. The van der Waals surface area contributed by atoms with Gasteiger partial charge in [0.2, 0.25) is 11.8 Å². The number of anilines is 2. The first-order chi connectivity index (χ1) is 25.7. The standard InChI is InChI=1S/C39H51N9O5/c1-42-24-30(22-40-42)33-20-36(48(51)52)37(53-2)21-35(33)46-13-9-31(10-14-46)45-17-15-43(16-18-45)23-27-7-11-44(12-8-27)32-4-3-28-25-47(26-29(28)19-32)34-5-6-38(49)41-39(34)50/h3-4,19-22,24,27,31,34H,5-18,23,25-26H2,1-2H3,(H,41,49,50). The zero-order valence-electron chi connectivity index (χ0n) is 30.9. The molecule has 14 nitrogen and oxygen atoms in total. The molecule has 0 radical (unpaired) electrons. The number of ether oxygens (including phenoxy) is 1. The summed E-state index contributed by atoms with van der Waals surface area (Å²) in [6.45, 7) is 11.0. The maximum atomic E-state index is 12.5. The predicted molar refractivity (Wildman–Crippen MR) is 202 cm³/mol. The van der Waals surface area contributed by atoms with E-state index in [9.17, 15) is 19.7 Å². The number of carbonyl (C=O) groups excluding carboxylic acids is 2. The molecular formula is C39H51N9O5. The summed E-state index contributed by atoms with van der Waals surface area (Å²) in [5.41, 5.74) is 6.48. The number of aromatic nitrogens is 2. The van der Waals surface area contributed by atoms with Crippen molar-refractivity contribution in [3.05, 3.63) is 64.0 Å². The minimum atomic E-state index is -0.380. The molecule has 8 rings (SSSR count). The van der Waals surface area contributed by atoms with E-state index in [1.165, 1.54) is 43.3 Å². The lowest BCUT2D eigenvalue weighted by Gasteiger charge is -2.44. The molecule has 4 saturated heterocycles. The summed E-state index contributed by atoms with van der Waals surface area (Å²) in [6.07, 6.45) is 9.20. The molecule has 1 unspecified atom stereocenters. The molecule has 282 valence electrons. The average Bonchev–Trinajstić information content (AvgIpc) is 3.80. The van der Waals surface area contributed by atoms with Gasteiger partial charge < -0.3 is 19.4 Å². The lowest BCUT2D eigenvalue weighted by atomic mass is 9.95. The van der Waals surface area contributed by atoms with Crippen molar-refractivity contribution in [3.63, 3.8) is 0 Å². The van der Waals surface area contributed by atoms with E-state index >= 15 is 0 Å². The van der Waals surface area contributed by atoms with Gasteiger partial charge in [-0.05, 0) is 61.3 Å². The number of amides is 2. The number of benzene rings is 2. The molecule has 0 saturated carbocycles. The van der Waals surface area contributed by atoms with E-state index in [0.29, 0.717) is 24.8 Å². The normalized spacial score (nSPS) is 22.6. The number of methoxy groups -OCH3 is 1. The third-order valence-electron chi connectivity index (χ3n) is 12.3. The number of rotatable bonds is 9. The van der Waals surface area contributed by atoms with Crippen molar-refractivity contribution in [2.45, 2.75) is 63.7 Å². The summed E-state index contributed by atoms with van der Waals surface area (Å²) >= 11 is 0. The third kappa shape index (κ3) is 7.49. The number of piperazine rings is 1. The number of nitro benzene ring substituents is 1. The van der Waals surface area contributed by atoms with Gasteiger partial charge in [0.15, 0.2) is 5.75 Å². The highest BCUT2D eigenvalue weighted by molar-refractivity contribution is 6.00. The largest absolute Gasteiger partial charge is 0.490 e. The molecule has 2 aromatic carbocycles. The van der Waals surface area contributed by atoms with Crippen molar-refractivity contribution in [2.24, 2.45) is 13.0 Å². The first-order valence-electron chi connectivity index (χ1n) is 19.2. The van der Waals surface area contributed by atoms with Crippen molar-refractivity contribution in [2.75, 3.05) is 75.8 Å². The molecular weight excluding hydrogens is 674 g/mol. The van der Waals surface area contributed by atoms with Crippen molar-refractivity contribution < 1.29 is 19.2 Å². The molecule has 1 N–H and O–H groups in total. The molecule has 1 aromatic heterocycles. The van der Waals surface area contributed by atoms with Crippen LogP contribution in [0.4, 0.5) is 17.1 Å². The van der Waals surface area contributed by atoms with Gasteiger partial charge in [-0.25, -0.2) is 0 Å². The van der Waals surface area contributed by atoms with E-state index < -0.39 is 0 Å². The molecule has 1 atom stereocenters. The minimum absolute atomic E-state index is 0.0333. The Morgan fingerprint density at radius 3 is 2.30 bits per heavy atom. The molecule has 4 fully saturated rings. The SMILES string of the molecule is COc1cc(N2CCC(N3CCN(CC4CCN(c5ccc6c(c5)CN(C5CCC(=O)NC5=O)C6)CC4)CC3)CC2)c(-c2cnn(C)c2)cc1[N+](=O)[O-]. The lowest BCUT2D eigenvalue weighted by molar-refractivity contribution is -0.385. The summed E-state index contributed by atoms with van der Waals surface area (Å²) < 4.78 is 7.18. The van der Waals surface area contributed by atoms with Gasteiger partial charge in [-0.2, -0.15) is 5.10 Å².